The van der Waals surface area contributed by atoms with Gasteiger partial charge in [0.1, 0.15) is 5.75 Å². The number of rotatable bonds is 2. The third kappa shape index (κ3) is 3.11. The number of phenolic OH excluding ortho intramolecular Hbond substituents is 1. The Morgan fingerprint density at radius 3 is 2.60 bits per heavy atom. The molecule has 0 saturated heterocycles. The van der Waals surface area contributed by atoms with E-state index in [2.05, 4.69) is 44.1 Å². The number of amidine groups is 1. The molecular formula is C16H24N2OS. The molecule has 110 valence electrons. The van der Waals surface area contributed by atoms with Crippen LogP contribution >= 0.6 is 11.8 Å². The van der Waals surface area contributed by atoms with Gasteiger partial charge < -0.3 is 10.4 Å². The van der Waals surface area contributed by atoms with Gasteiger partial charge >= 0.3 is 0 Å². The molecule has 1 aromatic carbocycles. The summed E-state index contributed by atoms with van der Waals surface area (Å²) in [7, 11) is 0. The Balaban J connectivity index is 2.28. The van der Waals surface area contributed by atoms with Gasteiger partial charge in [0.15, 0.2) is 5.17 Å². The fourth-order valence-corrected chi connectivity index (χ4v) is 3.53. The van der Waals surface area contributed by atoms with Crippen LogP contribution in [0.4, 0.5) is 0 Å². The number of nitrogens with one attached hydrogen (secondary N) is 1. The van der Waals surface area contributed by atoms with Gasteiger partial charge in [0, 0.05) is 12.3 Å². The number of nitrogens with zero attached hydrogens (tertiary/aromatic N) is 1. The van der Waals surface area contributed by atoms with Gasteiger partial charge in [-0.25, -0.2) is 0 Å². The first kappa shape index (κ1) is 15.2. The molecule has 0 atom stereocenters. The summed E-state index contributed by atoms with van der Waals surface area (Å²) in [4.78, 5) is 4.40. The van der Waals surface area contributed by atoms with Crippen LogP contribution in [0.1, 0.15) is 43.0 Å². The first-order valence-electron chi connectivity index (χ1n) is 7.04. The summed E-state index contributed by atoms with van der Waals surface area (Å²) < 4.78 is 0. The molecule has 0 aliphatic carbocycles. The first-order valence-corrected chi connectivity index (χ1v) is 8.03. The van der Waals surface area contributed by atoms with E-state index < -0.39 is 0 Å². The fourth-order valence-electron chi connectivity index (χ4n) is 2.42. The molecule has 1 heterocycles. The lowest BCUT2D eigenvalue weighted by Crippen LogP contribution is -2.16. The molecule has 0 amide bonds. The second-order valence-corrected chi connectivity index (χ2v) is 7.31. The summed E-state index contributed by atoms with van der Waals surface area (Å²) >= 11 is 1.72. The van der Waals surface area contributed by atoms with Crippen LogP contribution in [-0.2, 0) is 11.2 Å². The second kappa shape index (κ2) is 5.68. The van der Waals surface area contributed by atoms with Crippen molar-refractivity contribution in [3.05, 3.63) is 28.3 Å². The van der Waals surface area contributed by atoms with Gasteiger partial charge in [-0.1, -0.05) is 38.6 Å². The number of phenols is 1. The molecule has 0 unspecified atom stereocenters. The van der Waals surface area contributed by atoms with E-state index in [4.69, 9.17) is 0 Å². The standard InChI is InChI=1S/C16H24N2OS/c1-10-8-13(16(3,4)5)14(19)11(2)12(10)9-20-15-17-6-7-18-15/h8,19H,6-7,9H2,1-5H3,(H,17,18). The molecule has 1 aliphatic heterocycles. The highest BCUT2D eigenvalue weighted by molar-refractivity contribution is 8.13. The van der Waals surface area contributed by atoms with Crippen molar-refractivity contribution in [1.29, 1.82) is 0 Å². The molecule has 1 aliphatic rings. The van der Waals surface area contributed by atoms with Crippen LogP contribution in [0.2, 0.25) is 0 Å². The van der Waals surface area contributed by atoms with Gasteiger partial charge in [0.2, 0.25) is 0 Å². The predicted molar refractivity (Wildman–Crippen MR) is 87.9 cm³/mol. The van der Waals surface area contributed by atoms with Gasteiger partial charge in [-0.3, -0.25) is 4.99 Å². The molecule has 3 nitrogen and oxygen atoms in total. The van der Waals surface area contributed by atoms with Crippen molar-refractivity contribution in [3.63, 3.8) is 0 Å². The Labute approximate surface area is 125 Å². The molecule has 2 N–H and O–H groups in total. The van der Waals surface area contributed by atoms with Crippen LogP contribution in [0.25, 0.3) is 0 Å². The zero-order valence-corrected chi connectivity index (χ0v) is 13.8. The van der Waals surface area contributed by atoms with E-state index in [0.29, 0.717) is 5.75 Å². The topological polar surface area (TPSA) is 44.6 Å². The second-order valence-electron chi connectivity index (χ2n) is 6.35. The van der Waals surface area contributed by atoms with E-state index in [9.17, 15) is 5.11 Å². The number of hydrogen-bond acceptors (Lipinski definition) is 4. The van der Waals surface area contributed by atoms with Crippen molar-refractivity contribution in [3.8, 4) is 5.75 Å². The third-order valence-corrected chi connectivity index (χ3v) is 4.68. The van der Waals surface area contributed by atoms with Gasteiger partial charge in [-0.15, -0.1) is 0 Å². The smallest absolute Gasteiger partial charge is 0.157 e. The Bertz CT molecular complexity index is 544. The maximum Gasteiger partial charge on any atom is 0.157 e. The van der Waals surface area contributed by atoms with Gasteiger partial charge in [-0.2, -0.15) is 0 Å². The van der Waals surface area contributed by atoms with E-state index in [-0.39, 0.29) is 5.41 Å². The van der Waals surface area contributed by atoms with Crippen molar-refractivity contribution in [1.82, 2.24) is 5.32 Å². The number of benzene rings is 1. The van der Waals surface area contributed by atoms with E-state index in [0.717, 1.165) is 35.1 Å². The van der Waals surface area contributed by atoms with E-state index in [1.165, 1.54) is 11.1 Å². The van der Waals surface area contributed by atoms with Gasteiger partial charge in [0.05, 0.1) is 6.54 Å². The SMILES string of the molecule is Cc1cc(C(C)(C)C)c(O)c(C)c1CSC1=NCCN1. The Morgan fingerprint density at radius 2 is 2.05 bits per heavy atom. The minimum Gasteiger partial charge on any atom is -0.507 e. The number of aliphatic imine (C=N–C) groups is 1. The molecule has 1 aromatic rings. The van der Waals surface area contributed by atoms with Crippen molar-refractivity contribution >= 4 is 16.9 Å². The molecule has 0 aromatic heterocycles. The minimum atomic E-state index is -0.0393. The lowest BCUT2D eigenvalue weighted by atomic mass is 9.83. The Kier molecular flexibility index (Phi) is 4.33. The minimum absolute atomic E-state index is 0.0393. The van der Waals surface area contributed by atoms with Crippen LogP contribution in [0.3, 0.4) is 0 Å². The molecule has 20 heavy (non-hydrogen) atoms. The lowest BCUT2D eigenvalue weighted by molar-refractivity contribution is 0.442. The zero-order chi connectivity index (χ0) is 14.9. The largest absolute Gasteiger partial charge is 0.507 e. The summed E-state index contributed by atoms with van der Waals surface area (Å²) in [5, 5.41) is 14.8. The molecule has 0 saturated carbocycles. The van der Waals surface area contributed by atoms with Crippen LogP contribution in [0.5, 0.6) is 5.75 Å². The number of thioether (sulfide) groups is 1. The van der Waals surface area contributed by atoms with Crippen molar-refractivity contribution < 1.29 is 5.11 Å². The summed E-state index contributed by atoms with van der Waals surface area (Å²) in [6, 6.07) is 2.13. The summed E-state index contributed by atoms with van der Waals surface area (Å²) in [5.41, 5.74) is 4.45. The molecular weight excluding hydrogens is 268 g/mol. The maximum absolute atomic E-state index is 10.5. The summed E-state index contributed by atoms with van der Waals surface area (Å²) in [6.45, 7) is 12.3. The van der Waals surface area contributed by atoms with Crippen LogP contribution in [0, 0.1) is 13.8 Å². The number of aromatic hydroxyl groups is 1. The Hall–Kier alpha value is -1.16. The van der Waals surface area contributed by atoms with Gasteiger partial charge in [0.25, 0.3) is 0 Å². The molecule has 4 heteroatoms. The van der Waals surface area contributed by atoms with E-state index in [1.54, 1.807) is 11.8 Å². The molecule has 0 spiro atoms. The molecule has 0 fully saturated rings. The predicted octanol–water partition coefficient (Wildman–Crippen LogP) is 3.50. The lowest BCUT2D eigenvalue weighted by Gasteiger charge is -2.24. The third-order valence-electron chi connectivity index (χ3n) is 3.70. The van der Waals surface area contributed by atoms with Crippen molar-refractivity contribution in [2.75, 3.05) is 13.1 Å². The van der Waals surface area contributed by atoms with E-state index in [1.807, 2.05) is 6.92 Å². The molecule has 0 radical (unpaired) electrons. The highest BCUT2D eigenvalue weighted by Gasteiger charge is 2.22. The van der Waals surface area contributed by atoms with Crippen LogP contribution < -0.4 is 5.32 Å². The quantitative estimate of drug-likeness (QED) is 0.877. The van der Waals surface area contributed by atoms with Gasteiger partial charge in [-0.05, 0) is 41.5 Å². The highest BCUT2D eigenvalue weighted by Crippen LogP contribution is 2.37. The van der Waals surface area contributed by atoms with E-state index >= 15 is 0 Å². The molecule has 2 rings (SSSR count). The average Bonchev–Trinajstić information content (AvgIpc) is 2.85. The average molecular weight is 292 g/mol. The van der Waals surface area contributed by atoms with Crippen molar-refractivity contribution in [2.45, 2.75) is 45.8 Å². The van der Waals surface area contributed by atoms with Crippen LogP contribution in [-0.4, -0.2) is 23.4 Å². The monoisotopic (exact) mass is 292 g/mol. The fraction of sp³-hybridized carbons (Fsp3) is 0.562. The summed E-state index contributed by atoms with van der Waals surface area (Å²) in [5.74, 6) is 1.29. The Morgan fingerprint density at radius 1 is 1.35 bits per heavy atom. The normalized spacial score (nSPS) is 15.2. The number of hydrogen-bond donors (Lipinski definition) is 2. The molecule has 0 bridgehead atoms. The first-order chi connectivity index (χ1) is 9.30. The maximum atomic E-state index is 10.5. The van der Waals surface area contributed by atoms with Crippen molar-refractivity contribution in [2.24, 2.45) is 4.99 Å². The summed E-state index contributed by atoms with van der Waals surface area (Å²) in [6.07, 6.45) is 0. The highest BCUT2D eigenvalue weighted by atomic mass is 32.2. The number of aryl methyl sites for hydroxylation is 1. The zero-order valence-electron chi connectivity index (χ0n) is 13.0. The van der Waals surface area contributed by atoms with Crippen LogP contribution in [0.15, 0.2) is 11.1 Å².